The van der Waals surface area contributed by atoms with Crippen molar-refractivity contribution in [3.05, 3.63) is 0 Å². The Kier molecular flexibility index (Phi) is 3.14. The molecule has 1 saturated heterocycles. The van der Waals surface area contributed by atoms with Gasteiger partial charge in [0, 0.05) is 13.0 Å². The van der Waals surface area contributed by atoms with E-state index in [1.807, 2.05) is 0 Å². The van der Waals surface area contributed by atoms with Gasteiger partial charge in [0.15, 0.2) is 0 Å². The van der Waals surface area contributed by atoms with Gasteiger partial charge >= 0.3 is 0 Å². The van der Waals surface area contributed by atoms with Gasteiger partial charge in [-0.1, -0.05) is 0 Å². The third kappa shape index (κ3) is 2.75. The Bertz CT molecular complexity index is 280. The van der Waals surface area contributed by atoms with E-state index in [4.69, 9.17) is 11.6 Å². The van der Waals surface area contributed by atoms with Crippen LogP contribution in [0, 0.1) is 0 Å². The zero-order valence-corrected chi connectivity index (χ0v) is 8.41. The van der Waals surface area contributed by atoms with Crippen LogP contribution in [-0.4, -0.2) is 36.9 Å². The van der Waals surface area contributed by atoms with Gasteiger partial charge in [-0.25, -0.2) is 17.2 Å². The molecule has 3 nitrogen and oxygen atoms in total. The van der Waals surface area contributed by atoms with Crippen molar-refractivity contribution in [3.63, 3.8) is 0 Å². The first kappa shape index (κ1) is 11.1. The first-order valence-corrected chi connectivity index (χ1v) is 5.93. The first-order chi connectivity index (χ1) is 5.87. The second-order valence-corrected chi connectivity index (χ2v) is 5.57. The molecule has 7 heteroatoms. The fraction of sp³-hybridized carbons (Fsp3) is 1.00. The predicted molar refractivity (Wildman–Crippen MR) is 45.4 cm³/mol. The quantitative estimate of drug-likeness (QED) is 0.673. The van der Waals surface area contributed by atoms with Crippen LogP contribution >= 0.6 is 11.6 Å². The fourth-order valence-corrected chi connectivity index (χ4v) is 2.58. The maximum atomic E-state index is 12.8. The molecule has 1 aliphatic rings. The molecule has 13 heavy (non-hydrogen) atoms. The van der Waals surface area contributed by atoms with Gasteiger partial charge in [0.25, 0.3) is 5.92 Å². The van der Waals surface area contributed by atoms with E-state index in [1.165, 1.54) is 0 Å². The number of rotatable bonds is 2. The molecule has 1 aliphatic heterocycles. The zero-order chi connectivity index (χ0) is 10.1. The van der Waals surface area contributed by atoms with E-state index in [-0.39, 0.29) is 19.4 Å². The average Bonchev–Trinajstić information content (AvgIpc) is 2.03. The van der Waals surface area contributed by atoms with Gasteiger partial charge in [-0.3, -0.25) is 0 Å². The normalized spacial score (nSPS) is 24.5. The molecule has 0 aromatic carbocycles. The van der Waals surface area contributed by atoms with Crippen LogP contribution < -0.4 is 0 Å². The van der Waals surface area contributed by atoms with Crippen LogP contribution in [0.2, 0.25) is 0 Å². The fourth-order valence-electron chi connectivity index (χ4n) is 1.24. The van der Waals surface area contributed by atoms with Crippen molar-refractivity contribution in [1.82, 2.24) is 4.31 Å². The Balaban J connectivity index is 2.73. The molecule has 1 fully saturated rings. The Morgan fingerprint density at radius 3 is 2.54 bits per heavy atom. The molecule has 0 bridgehead atoms. The molecule has 0 aromatic heterocycles. The maximum absolute atomic E-state index is 12.8. The molecule has 0 amide bonds. The smallest absolute Gasteiger partial charge is 0.211 e. The van der Waals surface area contributed by atoms with E-state index in [2.05, 4.69) is 0 Å². The highest BCUT2D eigenvalue weighted by Crippen LogP contribution is 2.28. The van der Waals surface area contributed by atoms with Crippen molar-refractivity contribution in [1.29, 1.82) is 0 Å². The molecular formula is C6H10ClF2NO2S. The first-order valence-electron chi connectivity index (χ1n) is 3.79. The minimum absolute atomic E-state index is 0.143. The molecule has 0 spiro atoms. The SMILES string of the molecule is O=S(=O)(CCl)N1CCCC(F)(F)C1. The summed E-state index contributed by atoms with van der Waals surface area (Å²) >= 11 is 5.15. The number of sulfonamides is 1. The third-order valence-electron chi connectivity index (χ3n) is 1.89. The van der Waals surface area contributed by atoms with Crippen molar-refractivity contribution < 1.29 is 17.2 Å². The second-order valence-electron chi connectivity index (χ2n) is 3.01. The summed E-state index contributed by atoms with van der Waals surface area (Å²) in [5.41, 5.74) is 0. The lowest BCUT2D eigenvalue weighted by molar-refractivity contribution is -0.0433. The molecule has 0 aromatic rings. The Morgan fingerprint density at radius 1 is 1.46 bits per heavy atom. The van der Waals surface area contributed by atoms with E-state index < -0.39 is 27.7 Å². The molecule has 0 aliphatic carbocycles. The van der Waals surface area contributed by atoms with Crippen molar-refractivity contribution in [2.24, 2.45) is 0 Å². The van der Waals surface area contributed by atoms with Crippen LogP contribution in [-0.2, 0) is 10.0 Å². The molecule has 78 valence electrons. The van der Waals surface area contributed by atoms with Gasteiger partial charge in [-0.15, -0.1) is 11.6 Å². The number of piperidine rings is 1. The maximum Gasteiger partial charge on any atom is 0.261 e. The summed E-state index contributed by atoms with van der Waals surface area (Å²) in [5.74, 6) is -2.91. The van der Waals surface area contributed by atoms with E-state index in [9.17, 15) is 17.2 Å². The highest BCUT2D eigenvalue weighted by atomic mass is 35.5. The Morgan fingerprint density at radius 2 is 2.08 bits per heavy atom. The summed E-state index contributed by atoms with van der Waals surface area (Å²) < 4.78 is 48.5. The number of hydrogen-bond acceptors (Lipinski definition) is 2. The number of hydrogen-bond donors (Lipinski definition) is 0. The highest BCUT2D eigenvalue weighted by Gasteiger charge is 2.39. The van der Waals surface area contributed by atoms with Gasteiger partial charge in [-0.2, -0.15) is 4.31 Å². The monoisotopic (exact) mass is 233 g/mol. The highest BCUT2D eigenvalue weighted by molar-refractivity contribution is 7.90. The minimum atomic E-state index is -3.67. The summed E-state index contributed by atoms with van der Waals surface area (Å²) in [6, 6.07) is 0. The predicted octanol–water partition coefficient (Wildman–Crippen LogP) is 1.24. The number of alkyl halides is 3. The summed E-state index contributed by atoms with van der Waals surface area (Å²) in [7, 11) is -3.67. The lowest BCUT2D eigenvalue weighted by Crippen LogP contribution is -2.45. The standard InChI is InChI=1S/C6H10ClF2NO2S/c7-5-13(11,12)10-3-1-2-6(8,9)4-10/h1-5H2. The minimum Gasteiger partial charge on any atom is -0.211 e. The van der Waals surface area contributed by atoms with Gasteiger partial charge in [0.05, 0.1) is 6.54 Å². The Labute approximate surface area is 80.7 Å². The van der Waals surface area contributed by atoms with Crippen LogP contribution in [0.1, 0.15) is 12.8 Å². The summed E-state index contributed by atoms with van der Waals surface area (Å²) in [5, 5.41) is -0.636. The van der Waals surface area contributed by atoms with Crippen LogP contribution in [0.5, 0.6) is 0 Å². The van der Waals surface area contributed by atoms with Crippen molar-refractivity contribution >= 4 is 21.6 Å². The largest absolute Gasteiger partial charge is 0.261 e. The zero-order valence-electron chi connectivity index (χ0n) is 6.84. The van der Waals surface area contributed by atoms with Crippen LogP contribution in [0.15, 0.2) is 0 Å². The molecule has 0 atom stereocenters. The lowest BCUT2D eigenvalue weighted by Gasteiger charge is -2.30. The number of halogens is 3. The molecule has 0 saturated carbocycles. The van der Waals surface area contributed by atoms with Crippen LogP contribution in [0.25, 0.3) is 0 Å². The van der Waals surface area contributed by atoms with E-state index in [0.29, 0.717) is 0 Å². The lowest BCUT2D eigenvalue weighted by atomic mass is 10.1. The summed E-state index contributed by atoms with van der Waals surface area (Å²) in [4.78, 5) is 0. The van der Waals surface area contributed by atoms with Gasteiger partial charge < -0.3 is 0 Å². The van der Waals surface area contributed by atoms with Crippen LogP contribution in [0.4, 0.5) is 8.78 Å². The van der Waals surface area contributed by atoms with Crippen molar-refractivity contribution in [2.45, 2.75) is 18.8 Å². The number of nitrogens with zero attached hydrogens (tertiary/aromatic N) is 1. The van der Waals surface area contributed by atoms with Crippen molar-refractivity contribution in [3.8, 4) is 0 Å². The topological polar surface area (TPSA) is 37.4 Å². The molecule has 1 heterocycles. The third-order valence-corrected chi connectivity index (χ3v) is 4.09. The van der Waals surface area contributed by atoms with Crippen molar-refractivity contribution in [2.75, 3.05) is 18.3 Å². The van der Waals surface area contributed by atoms with E-state index in [1.54, 1.807) is 0 Å². The van der Waals surface area contributed by atoms with Gasteiger partial charge in [0.1, 0.15) is 5.21 Å². The molecule has 1 rings (SSSR count). The molecule has 0 unspecified atom stereocenters. The average molecular weight is 234 g/mol. The van der Waals surface area contributed by atoms with E-state index in [0.717, 1.165) is 4.31 Å². The Hall–Kier alpha value is 0.0600. The second kappa shape index (κ2) is 3.67. The summed E-state index contributed by atoms with van der Waals surface area (Å²) in [6.45, 7) is -0.591. The molecular weight excluding hydrogens is 224 g/mol. The molecule has 0 N–H and O–H groups in total. The molecule has 0 radical (unpaired) electrons. The van der Waals surface area contributed by atoms with Gasteiger partial charge in [-0.05, 0) is 6.42 Å². The van der Waals surface area contributed by atoms with E-state index >= 15 is 0 Å². The van der Waals surface area contributed by atoms with Crippen LogP contribution in [0.3, 0.4) is 0 Å². The van der Waals surface area contributed by atoms with Gasteiger partial charge in [0.2, 0.25) is 10.0 Å². The summed E-state index contributed by atoms with van der Waals surface area (Å²) in [6.07, 6.45) is -0.0651.